The molecule has 1 aliphatic carbocycles. The fourth-order valence-corrected chi connectivity index (χ4v) is 4.80. The van der Waals surface area contributed by atoms with Crippen molar-refractivity contribution in [3.63, 3.8) is 0 Å². The Hall–Kier alpha value is -3.13. The minimum atomic E-state index is -0.444. The van der Waals surface area contributed by atoms with Gasteiger partial charge in [-0.1, -0.05) is 42.1 Å². The summed E-state index contributed by atoms with van der Waals surface area (Å²) in [6, 6.07) is 13.7. The Balaban J connectivity index is 1.61. The Morgan fingerprint density at radius 2 is 1.83 bits per heavy atom. The number of para-hydroxylation sites is 1. The second-order valence-electron chi connectivity index (χ2n) is 7.59. The number of aromatic hydroxyl groups is 2. The number of thioether (sulfide) groups is 1. The van der Waals surface area contributed by atoms with Crippen molar-refractivity contribution in [3.8, 4) is 11.5 Å². The predicted molar refractivity (Wildman–Crippen MR) is 114 cm³/mol. The van der Waals surface area contributed by atoms with E-state index in [4.69, 9.17) is 4.99 Å². The maximum atomic E-state index is 13.4. The SMILES string of the molecule is CSc1nc2n(n1)C(c1ccc(O)cc1)C1C(=O)CC(c3ccccc3O)CC1=N2. The van der Waals surface area contributed by atoms with Crippen LogP contribution in [0.15, 0.2) is 58.7 Å². The molecule has 0 amide bonds. The Bertz CT molecular complexity index is 1160. The highest BCUT2D eigenvalue weighted by Gasteiger charge is 2.45. The van der Waals surface area contributed by atoms with Gasteiger partial charge in [0, 0.05) is 12.1 Å². The number of phenols is 2. The molecule has 5 rings (SSSR count). The van der Waals surface area contributed by atoms with Crippen LogP contribution in [0.4, 0.5) is 5.95 Å². The van der Waals surface area contributed by atoms with Crippen LogP contribution in [-0.4, -0.2) is 42.7 Å². The summed E-state index contributed by atoms with van der Waals surface area (Å²) in [5.74, 6) is 0.353. The lowest BCUT2D eigenvalue weighted by Crippen LogP contribution is -2.41. The van der Waals surface area contributed by atoms with Gasteiger partial charge >= 0.3 is 0 Å². The minimum Gasteiger partial charge on any atom is -0.508 e. The number of ketones is 1. The van der Waals surface area contributed by atoms with Crippen molar-refractivity contribution < 1.29 is 15.0 Å². The van der Waals surface area contributed by atoms with E-state index in [9.17, 15) is 15.0 Å². The Morgan fingerprint density at radius 3 is 2.57 bits per heavy atom. The van der Waals surface area contributed by atoms with E-state index in [1.807, 2.05) is 30.5 Å². The van der Waals surface area contributed by atoms with Crippen molar-refractivity contribution in [1.29, 1.82) is 0 Å². The van der Waals surface area contributed by atoms with Crippen molar-refractivity contribution in [3.05, 3.63) is 59.7 Å². The number of phenolic OH excluding ortho intramolecular Hbond substituents is 2. The van der Waals surface area contributed by atoms with Gasteiger partial charge in [0.15, 0.2) is 0 Å². The first-order chi connectivity index (χ1) is 14.5. The molecule has 2 heterocycles. The highest BCUT2D eigenvalue weighted by molar-refractivity contribution is 7.98. The summed E-state index contributed by atoms with van der Waals surface area (Å²) in [7, 11) is 0. The van der Waals surface area contributed by atoms with Gasteiger partial charge in [-0.3, -0.25) is 4.79 Å². The average Bonchev–Trinajstić information content (AvgIpc) is 3.16. The van der Waals surface area contributed by atoms with Crippen molar-refractivity contribution in [2.75, 3.05) is 6.26 Å². The van der Waals surface area contributed by atoms with Crippen molar-refractivity contribution in [1.82, 2.24) is 14.8 Å². The van der Waals surface area contributed by atoms with Gasteiger partial charge in [0.1, 0.15) is 17.3 Å². The fourth-order valence-electron chi connectivity index (χ4n) is 4.45. The lowest BCUT2D eigenvalue weighted by molar-refractivity contribution is -0.122. The molecule has 3 aromatic rings. The van der Waals surface area contributed by atoms with Crippen LogP contribution >= 0.6 is 11.8 Å². The molecule has 152 valence electrons. The zero-order chi connectivity index (χ0) is 20.8. The van der Waals surface area contributed by atoms with E-state index in [0.29, 0.717) is 23.9 Å². The molecule has 0 saturated heterocycles. The number of aromatic nitrogens is 3. The van der Waals surface area contributed by atoms with E-state index in [0.717, 1.165) is 16.8 Å². The van der Waals surface area contributed by atoms with Crippen LogP contribution in [0, 0.1) is 5.92 Å². The van der Waals surface area contributed by atoms with Crippen LogP contribution in [0.25, 0.3) is 0 Å². The van der Waals surface area contributed by atoms with Crippen molar-refractivity contribution in [2.45, 2.75) is 30.0 Å². The van der Waals surface area contributed by atoms with Crippen LogP contribution in [0.3, 0.4) is 0 Å². The second kappa shape index (κ2) is 7.28. The third-order valence-electron chi connectivity index (χ3n) is 5.82. The summed E-state index contributed by atoms with van der Waals surface area (Å²) in [4.78, 5) is 22.6. The summed E-state index contributed by atoms with van der Waals surface area (Å²) in [5.41, 5.74) is 2.41. The molecule has 3 unspecified atom stereocenters. The molecule has 8 heteroatoms. The smallest absolute Gasteiger partial charge is 0.249 e. The number of rotatable bonds is 3. The molecule has 2 aromatic carbocycles. The number of carbonyl (C=O) groups is 1. The molecule has 0 bridgehead atoms. The van der Waals surface area contributed by atoms with E-state index in [2.05, 4.69) is 10.1 Å². The molecular formula is C22H20N4O3S. The van der Waals surface area contributed by atoms with Crippen molar-refractivity contribution >= 4 is 29.2 Å². The first-order valence-electron chi connectivity index (χ1n) is 9.72. The lowest BCUT2D eigenvalue weighted by Gasteiger charge is -2.37. The fraction of sp³-hybridized carbons (Fsp3) is 0.273. The normalized spacial score (nSPS) is 22.9. The third-order valence-corrected chi connectivity index (χ3v) is 6.36. The van der Waals surface area contributed by atoms with Gasteiger partial charge in [0.2, 0.25) is 11.1 Å². The zero-order valence-corrected chi connectivity index (χ0v) is 17.1. The minimum absolute atomic E-state index is 0.0678. The molecule has 1 aromatic heterocycles. The first-order valence-corrected chi connectivity index (χ1v) is 10.9. The number of carbonyl (C=O) groups excluding carboxylic acids is 1. The number of benzene rings is 2. The molecule has 0 spiro atoms. The van der Waals surface area contributed by atoms with Crippen LogP contribution in [0.1, 0.15) is 35.9 Å². The number of fused-ring (bicyclic) bond motifs is 2. The number of aliphatic imine (C=N–C) groups is 1. The highest BCUT2D eigenvalue weighted by atomic mass is 32.2. The average molecular weight is 420 g/mol. The molecule has 3 atom stereocenters. The number of nitrogens with zero attached hydrogens (tertiary/aromatic N) is 4. The highest BCUT2D eigenvalue weighted by Crippen LogP contribution is 2.45. The second-order valence-corrected chi connectivity index (χ2v) is 8.36. The summed E-state index contributed by atoms with van der Waals surface area (Å²) in [6.45, 7) is 0. The molecule has 1 fully saturated rings. The van der Waals surface area contributed by atoms with E-state index in [1.165, 1.54) is 11.8 Å². The molecule has 0 radical (unpaired) electrons. The number of Topliss-reactive ketones (excluding diaryl/α,β-unsaturated/α-hetero) is 1. The summed E-state index contributed by atoms with van der Waals surface area (Å²) in [5, 5.41) is 25.2. The molecule has 1 aliphatic heterocycles. The molecular weight excluding hydrogens is 400 g/mol. The van der Waals surface area contributed by atoms with Gasteiger partial charge < -0.3 is 10.2 Å². The quantitative estimate of drug-likeness (QED) is 0.624. The number of hydrogen-bond donors (Lipinski definition) is 2. The van der Waals surface area contributed by atoms with E-state index in [1.54, 1.807) is 28.9 Å². The van der Waals surface area contributed by atoms with Crippen molar-refractivity contribution in [2.24, 2.45) is 10.9 Å². The van der Waals surface area contributed by atoms with Gasteiger partial charge in [0.05, 0.1) is 12.0 Å². The standard InChI is InChI=1S/C22H20N4O3S/c1-30-22-24-21-23-16-10-13(15-4-2-3-5-17(15)28)11-18(29)19(16)20(26(21)25-22)12-6-8-14(27)9-7-12/h2-9,13,19-20,27-28H,10-11H2,1H3. The number of hydrogen-bond acceptors (Lipinski definition) is 7. The third kappa shape index (κ3) is 3.08. The summed E-state index contributed by atoms with van der Waals surface area (Å²) >= 11 is 1.43. The van der Waals surface area contributed by atoms with E-state index >= 15 is 0 Å². The molecule has 2 N–H and O–H groups in total. The topological polar surface area (TPSA) is 101 Å². The largest absolute Gasteiger partial charge is 0.508 e. The zero-order valence-electron chi connectivity index (χ0n) is 16.3. The Labute approximate surface area is 177 Å². The van der Waals surface area contributed by atoms with Gasteiger partial charge in [-0.15, -0.1) is 5.10 Å². The van der Waals surface area contributed by atoms with Crippen LogP contribution in [-0.2, 0) is 4.79 Å². The molecule has 2 aliphatic rings. The van der Waals surface area contributed by atoms with E-state index < -0.39 is 5.92 Å². The summed E-state index contributed by atoms with van der Waals surface area (Å²) in [6.07, 6.45) is 2.80. The van der Waals surface area contributed by atoms with Crippen LogP contribution < -0.4 is 0 Å². The first kappa shape index (κ1) is 18.9. The Morgan fingerprint density at radius 1 is 1.07 bits per heavy atom. The molecule has 30 heavy (non-hydrogen) atoms. The molecule has 7 nitrogen and oxygen atoms in total. The van der Waals surface area contributed by atoms with Gasteiger partial charge in [-0.2, -0.15) is 4.98 Å². The lowest BCUT2D eigenvalue weighted by atomic mass is 9.71. The Kier molecular flexibility index (Phi) is 4.58. The van der Waals surface area contributed by atoms with Gasteiger partial charge in [-0.25, -0.2) is 9.67 Å². The van der Waals surface area contributed by atoms with E-state index in [-0.39, 0.29) is 29.2 Å². The summed E-state index contributed by atoms with van der Waals surface area (Å²) < 4.78 is 1.73. The van der Waals surface area contributed by atoms with Crippen LogP contribution in [0.2, 0.25) is 0 Å². The molecule has 1 saturated carbocycles. The maximum Gasteiger partial charge on any atom is 0.249 e. The van der Waals surface area contributed by atoms with Crippen LogP contribution in [0.5, 0.6) is 11.5 Å². The van der Waals surface area contributed by atoms with Gasteiger partial charge in [-0.05, 0) is 47.9 Å². The maximum absolute atomic E-state index is 13.4. The van der Waals surface area contributed by atoms with Gasteiger partial charge in [0.25, 0.3) is 0 Å². The predicted octanol–water partition coefficient (Wildman–Crippen LogP) is 3.85. The monoisotopic (exact) mass is 420 g/mol.